The van der Waals surface area contributed by atoms with Gasteiger partial charge in [-0.15, -0.1) is 0 Å². The van der Waals surface area contributed by atoms with E-state index in [1.165, 1.54) is 0 Å². The summed E-state index contributed by atoms with van der Waals surface area (Å²) in [5, 5.41) is 0.723. The first kappa shape index (κ1) is 14.1. The first-order valence-electron chi connectivity index (χ1n) is 6.87. The molecule has 22 heavy (non-hydrogen) atoms. The number of rotatable bonds is 5. The minimum atomic E-state index is -0.341. The van der Waals surface area contributed by atoms with Gasteiger partial charge in [0.1, 0.15) is 11.3 Å². The van der Waals surface area contributed by atoms with Crippen LogP contribution in [0.3, 0.4) is 0 Å². The minimum Gasteiger partial charge on any atom is -0.496 e. The van der Waals surface area contributed by atoms with E-state index in [9.17, 15) is 9.59 Å². The number of carbonyl (C=O) groups excluding carboxylic acids is 2. The number of hydrogen-bond acceptors (Lipinski definition) is 4. The third-order valence-electron chi connectivity index (χ3n) is 3.43. The Hall–Kier alpha value is -2.88. The number of ketones is 2. The van der Waals surface area contributed by atoms with Crippen molar-refractivity contribution in [3.05, 3.63) is 65.9 Å². The highest BCUT2D eigenvalue weighted by Gasteiger charge is 2.18. The van der Waals surface area contributed by atoms with Crippen LogP contribution in [0, 0.1) is 0 Å². The molecule has 0 N–H and O–H groups in total. The van der Waals surface area contributed by atoms with Gasteiger partial charge in [-0.1, -0.05) is 36.4 Å². The first-order chi connectivity index (χ1) is 10.7. The molecule has 0 saturated carbocycles. The van der Waals surface area contributed by atoms with Gasteiger partial charge >= 0.3 is 0 Å². The fraction of sp³-hybridized carbons (Fsp3) is 0.111. The lowest BCUT2D eigenvalue weighted by Gasteiger charge is -1.98. The second-order valence-electron chi connectivity index (χ2n) is 4.87. The van der Waals surface area contributed by atoms with Gasteiger partial charge in [-0.05, 0) is 18.2 Å². The van der Waals surface area contributed by atoms with Crippen molar-refractivity contribution in [1.82, 2.24) is 0 Å². The largest absolute Gasteiger partial charge is 0.496 e. The van der Waals surface area contributed by atoms with E-state index < -0.39 is 0 Å². The molecular formula is C18H14O4. The summed E-state index contributed by atoms with van der Waals surface area (Å²) in [7, 11) is 1.56. The molecule has 0 aliphatic rings. The van der Waals surface area contributed by atoms with Crippen LogP contribution in [0.25, 0.3) is 11.0 Å². The molecule has 3 rings (SSSR count). The Morgan fingerprint density at radius 2 is 1.77 bits per heavy atom. The van der Waals surface area contributed by atoms with Crippen LogP contribution in [0.2, 0.25) is 0 Å². The molecule has 0 radical (unpaired) electrons. The van der Waals surface area contributed by atoms with Crippen LogP contribution in [0.1, 0.15) is 27.3 Å². The number of Topliss-reactive ketones (excluding diaryl/α,β-unsaturated/α-hetero) is 2. The third-order valence-corrected chi connectivity index (χ3v) is 3.43. The molecule has 0 unspecified atom stereocenters. The molecular weight excluding hydrogens is 280 g/mol. The molecule has 0 saturated heterocycles. The van der Waals surface area contributed by atoms with E-state index in [1.807, 2.05) is 6.07 Å². The second-order valence-corrected chi connectivity index (χ2v) is 4.87. The summed E-state index contributed by atoms with van der Waals surface area (Å²) >= 11 is 0. The van der Waals surface area contributed by atoms with Gasteiger partial charge in [0.15, 0.2) is 11.5 Å². The molecule has 0 atom stereocenters. The molecule has 0 aliphatic carbocycles. The lowest BCUT2D eigenvalue weighted by atomic mass is 10.1. The van der Waals surface area contributed by atoms with Gasteiger partial charge < -0.3 is 9.15 Å². The molecule has 1 aromatic heterocycles. The van der Waals surface area contributed by atoms with Crippen molar-refractivity contribution in [2.45, 2.75) is 6.42 Å². The molecule has 1 heterocycles. The van der Waals surface area contributed by atoms with E-state index in [4.69, 9.17) is 9.15 Å². The monoisotopic (exact) mass is 294 g/mol. The normalized spacial score (nSPS) is 10.6. The maximum absolute atomic E-state index is 12.2. The Labute approximate surface area is 127 Å². The van der Waals surface area contributed by atoms with Crippen LogP contribution < -0.4 is 4.74 Å². The number of benzene rings is 2. The average molecular weight is 294 g/mol. The summed E-state index contributed by atoms with van der Waals surface area (Å²) in [5.41, 5.74) is 1.08. The van der Waals surface area contributed by atoms with Crippen LogP contribution in [-0.4, -0.2) is 18.7 Å². The highest BCUT2D eigenvalue weighted by molar-refractivity contribution is 6.13. The van der Waals surface area contributed by atoms with E-state index in [-0.39, 0.29) is 23.7 Å². The number of fused-ring (bicyclic) bond motifs is 1. The Kier molecular flexibility index (Phi) is 3.74. The second kappa shape index (κ2) is 5.85. The standard InChI is InChI=1S/C18H14O4/c1-21-16-8-5-9-17-13(16)10-18(22-17)15(20)11-14(19)12-6-3-2-4-7-12/h2-10H,11H2,1H3. The molecule has 0 aliphatic heterocycles. The summed E-state index contributed by atoms with van der Waals surface area (Å²) in [4.78, 5) is 24.3. The van der Waals surface area contributed by atoms with E-state index in [1.54, 1.807) is 55.6 Å². The Balaban J connectivity index is 1.85. The molecule has 0 fully saturated rings. The maximum Gasteiger partial charge on any atom is 0.205 e. The summed E-state index contributed by atoms with van der Waals surface area (Å²) in [6.07, 6.45) is -0.216. The Morgan fingerprint density at radius 3 is 2.50 bits per heavy atom. The van der Waals surface area contributed by atoms with Crippen molar-refractivity contribution >= 4 is 22.5 Å². The predicted octanol–water partition coefficient (Wildman–Crippen LogP) is 3.90. The summed E-state index contributed by atoms with van der Waals surface area (Å²) in [5.74, 6) is 0.239. The molecule has 4 heteroatoms. The number of carbonyl (C=O) groups is 2. The van der Waals surface area contributed by atoms with Crippen molar-refractivity contribution < 1.29 is 18.7 Å². The number of methoxy groups -OCH3 is 1. The molecule has 0 amide bonds. The van der Waals surface area contributed by atoms with Gasteiger partial charge in [0, 0.05) is 5.56 Å². The zero-order chi connectivity index (χ0) is 15.5. The first-order valence-corrected chi connectivity index (χ1v) is 6.87. The quantitative estimate of drug-likeness (QED) is 0.529. The highest BCUT2D eigenvalue weighted by Crippen LogP contribution is 2.29. The fourth-order valence-corrected chi connectivity index (χ4v) is 2.31. The summed E-state index contributed by atoms with van der Waals surface area (Å²) in [6, 6.07) is 15.7. The van der Waals surface area contributed by atoms with Crippen molar-refractivity contribution in [2.75, 3.05) is 7.11 Å². The van der Waals surface area contributed by atoms with Gasteiger partial charge in [0.25, 0.3) is 0 Å². The topological polar surface area (TPSA) is 56.5 Å². The van der Waals surface area contributed by atoms with Gasteiger partial charge in [0.05, 0.1) is 18.9 Å². The molecule has 2 aromatic carbocycles. The van der Waals surface area contributed by atoms with Crippen LogP contribution in [0.5, 0.6) is 5.75 Å². The SMILES string of the molecule is COc1cccc2oc(C(=O)CC(=O)c3ccccc3)cc12. The number of ether oxygens (including phenoxy) is 1. The van der Waals surface area contributed by atoms with E-state index >= 15 is 0 Å². The number of hydrogen-bond donors (Lipinski definition) is 0. The molecule has 0 spiro atoms. The minimum absolute atomic E-state index is 0.170. The molecule has 3 aromatic rings. The van der Waals surface area contributed by atoms with Crippen LogP contribution in [0.4, 0.5) is 0 Å². The maximum atomic E-state index is 12.2. The lowest BCUT2D eigenvalue weighted by molar-refractivity contribution is 0.0879. The summed E-state index contributed by atoms with van der Waals surface area (Å²) < 4.78 is 10.8. The molecule has 110 valence electrons. The number of furan rings is 1. The lowest BCUT2D eigenvalue weighted by Crippen LogP contribution is -2.07. The van der Waals surface area contributed by atoms with Gasteiger partial charge in [-0.3, -0.25) is 9.59 Å². The Morgan fingerprint density at radius 1 is 1.00 bits per heavy atom. The average Bonchev–Trinajstić information content (AvgIpc) is 2.99. The zero-order valence-electron chi connectivity index (χ0n) is 12.0. The van der Waals surface area contributed by atoms with E-state index in [2.05, 4.69) is 0 Å². The fourth-order valence-electron chi connectivity index (χ4n) is 2.31. The van der Waals surface area contributed by atoms with Crippen LogP contribution in [-0.2, 0) is 0 Å². The van der Waals surface area contributed by atoms with Gasteiger partial charge in [-0.25, -0.2) is 0 Å². The Bertz CT molecular complexity index is 831. The highest BCUT2D eigenvalue weighted by atomic mass is 16.5. The van der Waals surface area contributed by atoms with Crippen molar-refractivity contribution in [3.63, 3.8) is 0 Å². The van der Waals surface area contributed by atoms with Crippen LogP contribution in [0.15, 0.2) is 59.0 Å². The predicted molar refractivity (Wildman–Crippen MR) is 82.5 cm³/mol. The van der Waals surface area contributed by atoms with E-state index in [0.717, 1.165) is 5.39 Å². The smallest absolute Gasteiger partial charge is 0.205 e. The van der Waals surface area contributed by atoms with E-state index in [0.29, 0.717) is 16.9 Å². The van der Waals surface area contributed by atoms with Crippen LogP contribution >= 0.6 is 0 Å². The third kappa shape index (κ3) is 2.63. The zero-order valence-corrected chi connectivity index (χ0v) is 12.0. The van der Waals surface area contributed by atoms with Crippen molar-refractivity contribution in [3.8, 4) is 5.75 Å². The van der Waals surface area contributed by atoms with Crippen molar-refractivity contribution in [2.24, 2.45) is 0 Å². The molecule has 4 nitrogen and oxygen atoms in total. The van der Waals surface area contributed by atoms with Gasteiger partial charge in [0.2, 0.25) is 5.78 Å². The summed E-state index contributed by atoms with van der Waals surface area (Å²) in [6.45, 7) is 0. The molecule has 0 bridgehead atoms. The van der Waals surface area contributed by atoms with Gasteiger partial charge in [-0.2, -0.15) is 0 Å². The van der Waals surface area contributed by atoms with Crippen molar-refractivity contribution in [1.29, 1.82) is 0 Å².